The molecule has 114 valence electrons. The Kier molecular flexibility index (Phi) is 5.57. The van der Waals surface area contributed by atoms with Crippen molar-refractivity contribution in [3.63, 3.8) is 0 Å². The zero-order chi connectivity index (χ0) is 13.2. The predicted octanol–water partition coefficient (Wildman–Crippen LogP) is 0.337. The standard InChI is InChI=1S/C13H21N3O2S.ClH/c17-12(7-10-9-19-6-3-14-10)15-4-5-16(11-1-2-11)13(18)8-15;/h10-11,14H,1-9H2;1H. The molecule has 0 aromatic heterocycles. The molecule has 2 aliphatic heterocycles. The molecule has 2 heterocycles. The van der Waals surface area contributed by atoms with Crippen LogP contribution in [0.25, 0.3) is 0 Å². The monoisotopic (exact) mass is 319 g/mol. The van der Waals surface area contributed by atoms with E-state index in [4.69, 9.17) is 0 Å². The van der Waals surface area contributed by atoms with Gasteiger partial charge in [0.25, 0.3) is 0 Å². The van der Waals surface area contributed by atoms with E-state index in [1.165, 1.54) is 0 Å². The molecule has 1 N–H and O–H groups in total. The molecule has 20 heavy (non-hydrogen) atoms. The maximum atomic E-state index is 12.2. The van der Waals surface area contributed by atoms with Crippen molar-refractivity contribution in [3.05, 3.63) is 0 Å². The van der Waals surface area contributed by atoms with Crippen LogP contribution in [-0.4, -0.2) is 71.4 Å². The maximum absolute atomic E-state index is 12.2. The van der Waals surface area contributed by atoms with Gasteiger partial charge in [-0.15, -0.1) is 12.4 Å². The molecule has 2 saturated heterocycles. The summed E-state index contributed by atoms with van der Waals surface area (Å²) in [6, 6.07) is 0.754. The van der Waals surface area contributed by atoms with E-state index in [0.29, 0.717) is 19.0 Å². The molecular weight excluding hydrogens is 298 g/mol. The number of rotatable bonds is 3. The summed E-state index contributed by atoms with van der Waals surface area (Å²) < 4.78 is 0. The number of nitrogens with zero attached hydrogens (tertiary/aromatic N) is 2. The molecule has 5 nitrogen and oxygen atoms in total. The Morgan fingerprint density at radius 1 is 1.35 bits per heavy atom. The molecule has 1 atom stereocenters. The van der Waals surface area contributed by atoms with E-state index in [-0.39, 0.29) is 36.8 Å². The highest BCUT2D eigenvalue weighted by Gasteiger charge is 2.37. The van der Waals surface area contributed by atoms with Crippen LogP contribution in [0, 0.1) is 0 Å². The topological polar surface area (TPSA) is 52.7 Å². The van der Waals surface area contributed by atoms with E-state index < -0.39 is 0 Å². The number of carbonyl (C=O) groups is 2. The van der Waals surface area contributed by atoms with Crippen LogP contribution < -0.4 is 5.32 Å². The normalized spacial score (nSPS) is 27.2. The molecule has 1 unspecified atom stereocenters. The Bertz CT molecular complexity index is 373. The van der Waals surface area contributed by atoms with E-state index in [1.807, 2.05) is 16.7 Å². The van der Waals surface area contributed by atoms with Gasteiger partial charge in [0.2, 0.25) is 11.8 Å². The Morgan fingerprint density at radius 2 is 2.15 bits per heavy atom. The van der Waals surface area contributed by atoms with Crippen molar-refractivity contribution in [1.82, 2.24) is 15.1 Å². The van der Waals surface area contributed by atoms with Crippen molar-refractivity contribution in [2.75, 3.05) is 37.7 Å². The molecule has 1 aliphatic carbocycles. The van der Waals surface area contributed by atoms with Crippen molar-refractivity contribution in [2.45, 2.75) is 31.3 Å². The van der Waals surface area contributed by atoms with E-state index in [1.54, 1.807) is 4.90 Å². The number of piperazine rings is 1. The number of nitrogens with one attached hydrogen (secondary N) is 1. The quantitative estimate of drug-likeness (QED) is 0.815. The van der Waals surface area contributed by atoms with Crippen LogP contribution in [0.1, 0.15) is 19.3 Å². The molecule has 3 aliphatic rings. The summed E-state index contributed by atoms with van der Waals surface area (Å²) in [5.41, 5.74) is 0. The summed E-state index contributed by atoms with van der Waals surface area (Å²) in [6.07, 6.45) is 2.81. The van der Waals surface area contributed by atoms with Gasteiger partial charge in [0.15, 0.2) is 0 Å². The first-order chi connectivity index (χ1) is 9.24. The van der Waals surface area contributed by atoms with Gasteiger partial charge in [-0.3, -0.25) is 9.59 Å². The fraction of sp³-hybridized carbons (Fsp3) is 0.846. The van der Waals surface area contributed by atoms with Gasteiger partial charge < -0.3 is 15.1 Å². The second kappa shape index (κ2) is 7.00. The van der Waals surface area contributed by atoms with Crippen molar-refractivity contribution >= 4 is 36.0 Å². The van der Waals surface area contributed by atoms with Gasteiger partial charge in [-0.05, 0) is 12.8 Å². The Labute approximate surface area is 130 Å². The third-order valence-corrected chi connectivity index (χ3v) is 5.15. The smallest absolute Gasteiger partial charge is 0.242 e. The summed E-state index contributed by atoms with van der Waals surface area (Å²) >= 11 is 1.90. The zero-order valence-electron chi connectivity index (χ0n) is 11.5. The van der Waals surface area contributed by atoms with Crippen molar-refractivity contribution in [3.8, 4) is 0 Å². The van der Waals surface area contributed by atoms with Crippen molar-refractivity contribution < 1.29 is 9.59 Å². The minimum atomic E-state index is 0. The van der Waals surface area contributed by atoms with Gasteiger partial charge in [0.05, 0.1) is 6.54 Å². The number of amides is 2. The lowest BCUT2D eigenvalue weighted by molar-refractivity contribution is -0.145. The number of hydrogen-bond donors (Lipinski definition) is 1. The molecule has 0 radical (unpaired) electrons. The van der Waals surface area contributed by atoms with Crippen LogP contribution in [0.15, 0.2) is 0 Å². The van der Waals surface area contributed by atoms with Gasteiger partial charge in [-0.25, -0.2) is 0 Å². The van der Waals surface area contributed by atoms with Crippen LogP contribution in [0.2, 0.25) is 0 Å². The first kappa shape index (κ1) is 15.9. The van der Waals surface area contributed by atoms with Gasteiger partial charge >= 0.3 is 0 Å². The van der Waals surface area contributed by atoms with Crippen molar-refractivity contribution in [2.24, 2.45) is 0 Å². The SMILES string of the molecule is Cl.O=C(CC1CSCCN1)N1CCN(C2CC2)C(=O)C1. The summed E-state index contributed by atoms with van der Waals surface area (Å²) in [5.74, 6) is 2.39. The van der Waals surface area contributed by atoms with Crippen LogP contribution in [-0.2, 0) is 9.59 Å². The molecule has 3 fully saturated rings. The molecule has 0 aromatic carbocycles. The van der Waals surface area contributed by atoms with E-state index in [0.717, 1.165) is 37.4 Å². The Balaban J connectivity index is 0.00000147. The summed E-state index contributed by atoms with van der Waals surface area (Å²) in [7, 11) is 0. The molecule has 0 spiro atoms. The Hall–Kier alpha value is -0.460. The van der Waals surface area contributed by atoms with Gasteiger partial charge in [-0.1, -0.05) is 0 Å². The largest absolute Gasteiger partial charge is 0.336 e. The van der Waals surface area contributed by atoms with Gasteiger partial charge in [-0.2, -0.15) is 11.8 Å². The molecular formula is C13H22ClN3O2S. The summed E-state index contributed by atoms with van der Waals surface area (Å²) in [6.45, 7) is 2.70. The summed E-state index contributed by atoms with van der Waals surface area (Å²) in [5, 5.41) is 3.37. The highest BCUT2D eigenvalue weighted by molar-refractivity contribution is 7.99. The van der Waals surface area contributed by atoms with Gasteiger partial charge in [0, 0.05) is 49.6 Å². The minimum Gasteiger partial charge on any atom is -0.336 e. The molecule has 7 heteroatoms. The lowest BCUT2D eigenvalue weighted by Gasteiger charge is -2.35. The average molecular weight is 320 g/mol. The minimum absolute atomic E-state index is 0. The number of carbonyl (C=O) groups excluding carboxylic acids is 2. The highest BCUT2D eigenvalue weighted by Crippen LogP contribution is 2.28. The lowest BCUT2D eigenvalue weighted by atomic mass is 10.2. The molecule has 0 bridgehead atoms. The fourth-order valence-corrected chi connectivity index (χ4v) is 3.71. The van der Waals surface area contributed by atoms with E-state index in [2.05, 4.69) is 5.32 Å². The van der Waals surface area contributed by atoms with Crippen molar-refractivity contribution in [1.29, 1.82) is 0 Å². The Morgan fingerprint density at radius 3 is 2.75 bits per heavy atom. The van der Waals surface area contributed by atoms with E-state index in [9.17, 15) is 9.59 Å². The highest BCUT2D eigenvalue weighted by atomic mass is 35.5. The van der Waals surface area contributed by atoms with Crippen LogP contribution in [0.4, 0.5) is 0 Å². The molecule has 2 amide bonds. The lowest BCUT2D eigenvalue weighted by Crippen LogP contribution is -2.54. The first-order valence-electron chi connectivity index (χ1n) is 7.12. The third kappa shape index (κ3) is 3.80. The third-order valence-electron chi connectivity index (χ3n) is 4.02. The number of hydrogen-bond acceptors (Lipinski definition) is 4. The fourth-order valence-electron chi connectivity index (χ4n) is 2.76. The average Bonchev–Trinajstić information content (AvgIpc) is 3.24. The van der Waals surface area contributed by atoms with Crippen LogP contribution in [0.5, 0.6) is 0 Å². The van der Waals surface area contributed by atoms with E-state index >= 15 is 0 Å². The van der Waals surface area contributed by atoms with Crippen LogP contribution in [0.3, 0.4) is 0 Å². The molecule has 3 rings (SSSR count). The predicted molar refractivity (Wildman–Crippen MR) is 82.3 cm³/mol. The first-order valence-corrected chi connectivity index (χ1v) is 8.28. The zero-order valence-corrected chi connectivity index (χ0v) is 13.2. The van der Waals surface area contributed by atoms with Gasteiger partial charge in [0.1, 0.15) is 0 Å². The molecule has 1 saturated carbocycles. The maximum Gasteiger partial charge on any atom is 0.242 e. The number of halogens is 1. The summed E-state index contributed by atoms with van der Waals surface area (Å²) in [4.78, 5) is 27.9. The van der Waals surface area contributed by atoms with Crippen LogP contribution >= 0.6 is 24.2 Å². The second-order valence-corrected chi connectivity index (χ2v) is 6.71. The second-order valence-electron chi connectivity index (χ2n) is 5.56. The number of thioether (sulfide) groups is 1. The molecule has 0 aromatic rings.